The molecule has 0 saturated heterocycles. The van der Waals surface area contributed by atoms with Crippen LogP contribution in [0.1, 0.15) is 22.5 Å². The average Bonchev–Trinajstić information content (AvgIpc) is 2.75. The molecule has 0 atom stereocenters. The maximum atomic E-state index is 8.37. The summed E-state index contributed by atoms with van der Waals surface area (Å²) in [7, 11) is 0. The van der Waals surface area contributed by atoms with Crippen molar-refractivity contribution >= 4 is 0 Å². The van der Waals surface area contributed by atoms with Crippen LogP contribution in [0.25, 0.3) is 0 Å². The van der Waals surface area contributed by atoms with Crippen molar-refractivity contribution in [1.82, 2.24) is 4.98 Å². The van der Waals surface area contributed by atoms with Gasteiger partial charge in [0, 0.05) is 12.4 Å². The normalized spacial score (nSPS) is 8.47. The molecule has 0 saturated carbocycles. The molecule has 4 nitrogen and oxygen atoms in total. The van der Waals surface area contributed by atoms with Gasteiger partial charge < -0.3 is 4.42 Å². The molecule has 0 spiro atoms. The second-order valence-corrected chi connectivity index (χ2v) is 3.37. The Balaban J connectivity index is 0.000000171. The molecule has 0 aliphatic heterocycles. The number of rotatable bonds is 0. The van der Waals surface area contributed by atoms with Crippen molar-refractivity contribution in [3.63, 3.8) is 0 Å². The highest BCUT2D eigenvalue weighted by Crippen LogP contribution is 2.05. The number of furan rings is 1. The van der Waals surface area contributed by atoms with Gasteiger partial charge in [-0.3, -0.25) is 4.98 Å². The number of hydrogen-bond acceptors (Lipinski definition) is 4. The van der Waals surface area contributed by atoms with Crippen LogP contribution in [0.2, 0.25) is 0 Å². The number of pyridine rings is 1. The van der Waals surface area contributed by atoms with Crippen LogP contribution < -0.4 is 0 Å². The first-order valence-corrected chi connectivity index (χ1v) is 4.93. The highest BCUT2D eigenvalue weighted by molar-refractivity contribution is 5.29. The molecule has 2 heterocycles. The molecule has 0 aliphatic carbocycles. The van der Waals surface area contributed by atoms with E-state index in [2.05, 4.69) is 4.98 Å². The van der Waals surface area contributed by atoms with E-state index in [0.29, 0.717) is 16.9 Å². The van der Waals surface area contributed by atoms with E-state index in [9.17, 15) is 0 Å². The maximum absolute atomic E-state index is 8.37. The molecule has 2 aromatic heterocycles. The smallest absolute Gasteiger partial charge is 0.118 e. The first kappa shape index (κ1) is 12.5. The molecule has 0 N–H and O–H groups in total. The fourth-order valence-corrected chi connectivity index (χ4v) is 1.12. The van der Waals surface area contributed by atoms with E-state index in [-0.39, 0.29) is 0 Å². The molecule has 2 rings (SSSR count). The third kappa shape index (κ3) is 3.81. The van der Waals surface area contributed by atoms with E-state index >= 15 is 0 Å². The van der Waals surface area contributed by atoms with Gasteiger partial charge >= 0.3 is 0 Å². The van der Waals surface area contributed by atoms with Gasteiger partial charge in [0.15, 0.2) is 0 Å². The summed E-state index contributed by atoms with van der Waals surface area (Å²) in [5.41, 5.74) is 2.26. The average molecular weight is 225 g/mol. The Hall–Kier alpha value is -2.59. The van der Waals surface area contributed by atoms with Crippen LogP contribution in [0.5, 0.6) is 0 Å². The lowest BCUT2D eigenvalue weighted by Crippen LogP contribution is -1.78. The third-order valence-corrected chi connectivity index (χ3v) is 1.98. The van der Waals surface area contributed by atoms with Crippen molar-refractivity contribution in [2.24, 2.45) is 0 Å². The van der Waals surface area contributed by atoms with Crippen molar-refractivity contribution in [1.29, 1.82) is 10.5 Å². The van der Waals surface area contributed by atoms with Gasteiger partial charge in [0.05, 0.1) is 17.4 Å². The lowest BCUT2D eigenvalue weighted by Gasteiger charge is -1.87. The zero-order valence-corrected chi connectivity index (χ0v) is 9.64. The van der Waals surface area contributed by atoms with Crippen LogP contribution in [-0.4, -0.2) is 4.98 Å². The predicted octanol–water partition coefficient (Wildman–Crippen LogP) is 2.72. The van der Waals surface area contributed by atoms with E-state index in [1.54, 1.807) is 31.5 Å². The lowest BCUT2D eigenvalue weighted by atomic mass is 10.2. The molecule has 2 aromatic rings. The Morgan fingerprint density at radius 2 is 1.94 bits per heavy atom. The van der Waals surface area contributed by atoms with Gasteiger partial charge in [-0.05, 0) is 31.5 Å². The Labute approximate surface area is 99.8 Å². The second-order valence-electron chi connectivity index (χ2n) is 3.37. The van der Waals surface area contributed by atoms with Crippen LogP contribution in [0.4, 0.5) is 0 Å². The van der Waals surface area contributed by atoms with E-state index in [0.717, 1.165) is 5.56 Å². The van der Waals surface area contributed by atoms with Crippen molar-refractivity contribution in [3.05, 3.63) is 53.2 Å². The fourth-order valence-electron chi connectivity index (χ4n) is 1.12. The molecule has 4 heteroatoms. The topological polar surface area (TPSA) is 73.6 Å². The molecular formula is C13H11N3O. The molecule has 0 aromatic carbocycles. The summed E-state index contributed by atoms with van der Waals surface area (Å²) in [6.07, 6.45) is 4.78. The monoisotopic (exact) mass is 225 g/mol. The van der Waals surface area contributed by atoms with Crippen molar-refractivity contribution < 1.29 is 4.42 Å². The summed E-state index contributed by atoms with van der Waals surface area (Å²) in [6.45, 7) is 3.67. The van der Waals surface area contributed by atoms with E-state index in [1.807, 2.05) is 19.1 Å². The Morgan fingerprint density at radius 1 is 1.18 bits per heavy atom. The van der Waals surface area contributed by atoms with Gasteiger partial charge in [-0.15, -0.1) is 0 Å². The number of hydrogen-bond donors (Lipinski definition) is 0. The molecule has 0 aliphatic rings. The number of aryl methyl sites for hydroxylation is 2. The molecule has 0 amide bonds. The Bertz CT molecular complexity index is 573. The minimum atomic E-state index is 0.616. The summed E-state index contributed by atoms with van der Waals surface area (Å²) >= 11 is 0. The van der Waals surface area contributed by atoms with Crippen LogP contribution >= 0.6 is 0 Å². The van der Waals surface area contributed by atoms with Crippen LogP contribution in [0.3, 0.4) is 0 Å². The first-order valence-electron chi connectivity index (χ1n) is 4.93. The zero-order chi connectivity index (χ0) is 12.7. The summed E-state index contributed by atoms with van der Waals surface area (Å²) in [4.78, 5) is 3.83. The fraction of sp³-hybridized carbons (Fsp3) is 0.154. The predicted molar refractivity (Wildman–Crippen MR) is 61.8 cm³/mol. The van der Waals surface area contributed by atoms with Crippen molar-refractivity contribution in [2.45, 2.75) is 13.8 Å². The number of nitrogens with zero attached hydrogens (tertiary/aromatic N) is 3. The standard InChI is InChI=1S/C7H6N2.C6H5NO/c1-6-2-7(3-8)5-9-4-6;1-5-6(4-7)2-3-8-5/h2,4-5H,1H3;2-3H,1H3. The van der Waals surface area contributed by atoms with Gasteiger partial charge in [0.2, 0.25) is 0 Å². The van der Waals surface area contributed by atoms with Crippen LogP contribution in [0.15, 0.2) is 35.2 Å². The van der Waals surface area contributed by atoms with Gasteiger partial charge in [-0.1, -0.05) is 0 Å². The van der Waals surface area contributed by atoms with Crippen LogP contribution in [0, 0.1) is 36.5 Å². The van der Waals surface area contributed by atoms with Crippen molar-refractivity contribution in [2.75, 3.05) is 0 Å². The highest BCUT2D eigenvalue weighted by Gasteiger charge is 1.95. The van der Waals surface area contributed by atoms with E-state index < -0.39 is 0 Å². The van der Waals surface area contributed by atoms with Gasteiger partial charge in [0.1, 0.15) is 17.9 Å². The van der Waals surface area contributed by atoms with Crippen molar-refractivity contribution in [3.8, 4) is 12.1 Å². The minimum absolute atomic E-state index is 0.616. The van der Waals surface area contributed by atoms with E-state index in [4.69, 9.17) is 14.9 Å². The maximum Gasteiger partial charge on any atom is 0.118 e. The quantitative estimate of drug-likeness (QED) is 0.690. The highest BCUT2D eigenvalue weighted by atomic mass is 16.3. The molecule has 17 heavy (non-hydrogen) atoms. The second kappa shape index (κ2) is 6.09. The summed E-state index contributed by atoms with van der Waals surface area (Å²) < 4.78 is 4.83. The molecule has 0 fully saturated rings. The SMILES string of the molecule is Cc1cncc(C#N)c1.Cc1occc1C#N. The van der Waals surface area contributed by atoms with Crippen LogP contribution in [-0.2, 0) is 0 Å². The number of nitriles is 2. The molecular weight excluding hydrogens is 214 g/mol. The lowest BCUT2D eigenvalue weighted by molar-refractivity contribution is 0.533. The number of aromatic nitrogens is 1. The van der Waals surface area contributed by atoms with Gasteiger partial charge in [-0.2, -0.15) is 10.5 Å². The summed E-state index contributed by atoms with van der Waals surface area (Å²) in [6, 6.07) is 7.43. The Morgan fingerprint density at radius 3 is 2.29 bits per heavy atom. The Kier molecular flexibility index (Phi) is 4.47. The summed E-state index contributed by atoms with van der Waals surface area (Å²) in [5.74, 6) is 0.688. The molecule has 0 bridgehead atoms. The third-order valence-electron chi connectivity index (χ3n) is 1.98. The first-order chi connectivity index (χ1) is 8.17. The molecule has 0 radical (unpaired) electrons. The minimum Gasteiger partial charge on any atom is -0.468 e. The molecule has 84 valence electrons. The van der Waals surface area contributed by atoms with Gasteiger partial charge in [-0.25, -0.2) is 0 Å². The zero-order valence-electron chi connectivity index (χ0n) is 9.64. The largest absolute Gasteiger partial charge is 0.468 e. The van der Waals surface area contributed by atoms with E-state index in [1.165, 1.54) is 6.26 Å². The molecule has 0 unspecified atom stereocenters. The van der Waals surface area contributed by atoms with Gasteiger partial charge in [0.25, 0.3) is 0 Å². The summed E-state index contributed by atoms with van der Waals surface area (Å²) in [5, 5.41) is 16.7.